The van der Waals surface area contributed by atoms with Crippen LogP contribution in [-0.2, 0) is 9.59 Å². The Morgan fingerprint density at radius 3 is 2.36 bits per heavy atom. The molecule has 0 saturated carbocycles. The van der Waals surface area contributed by atoms with Crippen LogP contribution in [0.4, 0.5) is 5.69 Å². The van der Waals surface area contributed by atoms with Crippen molar-refractivity contribution >= 4 is 29.3 Å². The molecule has 3 saturated heterocycles. The molecular weight excluding hydrogens is 360 g/mol. The highest BCUT2D eigenvalue weighted by molar-refractivity contribution is 6.23. The van der Waals surface area contributed by atoms with Crippen molar-refractivity contribution < 1.29 is 19.2 Å². The maximum Gasteiger partial charge on any atom is 0.262 e. The quantitative estimate of drug-likeness (QED) is 0.667. The largest absolute Gasteiger partial charge is 0.382 e. The van der Waals surface area contributed by atoms with Crippen LogP contribution in [-0.4, -0.2) is 52.7 Å². The molecule has 28 heavy (non-hydrogen) atoms. The van der Waals surface area contributed by atoms with Crippen molar-refractivity contribution in [2.75, 3.05) is 5.32 Å². The second kappa shape index (κ2) is 6.41. The summed E-state index contributed by atoms with van der Waals surface area (Å²) in [5.41, 5.74) is 1.44. The van der Waals surface area contributed by atoms with E-state index in [1.165, 1.54) is 12.8 Å². The van der Waals surface area contributed by atoms with Gasteiger partial charge in [-0.15, -0.1) is 0 Å². The number of nitrogens with one attached hydrogen (secondary N) is 3. The molecule has 4 amide bonds. The van der Waals surface area contributed by atoms with Crippen molar-refractivity contribution in [2.24, 2.45) is 0 Å². The molecule has 5 rings (SSSR count). The Morgan fingerprint density at radius 2 is 1.64 bits per heavy atom. The third-order valence-corrected chi connectivity index (χ3v) is 6.28. The minimum atomic E-state index is -0.929. The molecule has 3 unspecified atom stereocenters. The van der Waals surface area contributed by atoms with Crippen molar-refractivity contribution in [1.82, 2.24) is 15.5 Å². The number of hydrogen-bond acceptors (Lipinski definition) is 6. The Hall–Kier alpha value is -2.74. The second-order valence-corrected chi connectivity index (χ2v) is 8.16. The Labute approximate surface area is 162 Å². The molecule has 1 aromatic rings. The molecule has 146 valence electrons. The molecule has 4 aliphatic heterocycles. The molecule has 1 aromatic carbocycles. The van der Waals surface area contributed by atoms with E-state index >= 15 is 0 Å². The molecule has 0 aromatic heterocycles. The summed E-state index contributed by atoms with van der Waals surface area (Å²) in [6, 6.07) is 5.71. The topological polar surface area (TPSA) is 108 Å². The zero-order valence-corrected chi connectivity index (χ0v) is 15.4. The second-order valence-electron chi connectivity index (χ2n) is 8.16. The first-order chi connectivity index (χ1) is 13.5. The lowest BCUT2D eigenvalue weighted by atomic mass is 9.99. The van der Waals surface area contributed by atoms with Gasteiger partial charge in [0.15, 0.2) is 0 Å². The van der Waals surface area contributed by atoms with E-state index in [1.54, 1.807) is 12.1 Å². The number of nitrogens with zero attached hydrogens (tertiary/aromatic N) is 1. The number of amides is 4. The maximum atomic E-state index is 12.9. The predicted molar refractivity (Wildman–Crippen MR) is 99.7 cm³/mol. The van der Waals surface area contributed by atoms with Crippen molar-refractivity contribution in [2.45, 2.75) is 62.7 Å². The van der Waals surface area contributed by atoms with E-state index < -0.39 is 23.8 Å². The first kappa shape index (κ1) is 17.4. The van der Waals surface area contributed by atoms with Crippen LogP contribution in [0.5, 0.6) is 0 Å². The number of hydrogen-bond donors (Lipinski definition) is 3. The summed E-state index contributed by atoms with van der Waals surface area (Å²) in [6.07, 6.45) is 4.79. The molecule has 2 bridgehead atoms. The first-order valence-electron chi connectivity index (χ1n) is 9.88. The Kier molecular flexibility index (Phi) is 3.97. The summed E-state index contributed by atoms with van der Waals surface area (Å²) in [4.78, 5) is 50.1. The average Bonchev–Trinajstić information content (AvgIpc) is 3.12. The molecule has 3 atom stereocenters. The first-order valence-corrected chi connectivity index (χ1v) is 9.88. The Balaban J connectivity index is 1.36. The molecular formula is C20H22N4O4. The van der Waals surface area contributed by atoms with Crippen LogP contribution < -0.4 is 16.0 Å². The van der Waals surface area contributed by atoms with Gasteiger partial charge in [0.05, 0.1) is 11.1 Å². The van der Waals surface area contributed by atoms with E-state index in [0.717, 1.165) is 23.4 Å². The van der Waals surface area contributed by atoms with Gasteiger partial charge in [-0.25, -0.2) is 0 Å². The highest BCUT2D eigenvalue weighted by Gasteiger charge is 2.44. The molecule has 3 N–H and O–H groups in total. The van der Waals surface area contributed by atoms with Crippen LogP contribution in [0.1, 0.15) is 59.2 Å². The zero-order chi connectivity index (χ0) is 19.4. The average molecular weight is 382 g/mol. The Morgan fingerprint density at radius 1 is 0.929 bits per heavy atom. The lowest BCUT2D eigenvalue weighted by Crippen LogP contribution is -2.54. The van der Waals surface area contributed by atoms with E-state index in [4.69, 9.17) is 0 Å². The van der Waals surface area contributed by atoms with Crippen LogP contribution in [0.3, 0.4) is 0 Å². The SMILES string of the molecule is O=C1CCC(N2C(=O)c3ccc(NC4CC5CCC(C4)N5)cc3C2=O)C(=O)N1. The van der Waals surface area contributed by atoms with Gasteiger partial charge in [-0.05, 0) is 50.3 Å². The molecule has 8 heteroatoms. The fraction of sp³-hybridized carbons (Fsp3) is 0.500. The number of rotatable bonds is 3. The molecule has 0 radical (unpaired) electrons. The van der Waals surface area contributed by atoms with Crippen LogP contribution in [0.2, 0.25) is 0 Å². The van der Waals surface area contributed by atoms with Crippen molar-refractivity contribution in [3.05, 3.63) is 29.3 Å². The Bertz CT molecular complexity index is 886. The van der Waals surface area contributed by atoms with Gasteiger partial charge in [0.1, 0.15) is 6.04 Å². The van der Waals surface area contributed by atoms with Crippen LogP contribution in [0.25, 0.3) is 0 Å². The zero-order valence-electron chi connectivity index (χ0n) is 15.4. The molecule has 8 nitrogen and oxygen atoms in total. The smallest absolute Gasteiger partial charge is 0.262 e. The molecule has 4 aliphatic rings. The predicted octanol–water partition coefficient (Wildman–Crippen LogP) is 0.783. The van der Waals surface area contributed by atoms with Gasteiger partial charge in [-0.1, -0.05) is 0 Å². The third kappa shape index (κ3) is 2.79. The van der Waals surface area contributed by atoms with Gasteiger partial charge in [-0.2, -0.15) is 0 Å². The summed E-state index contributed by atoms with van der Waals surface area (Å²) in [7, 11) is 0. The number of anilines is 1. The van der Waals surface area contributed by atoms with Crippen molar-refractivity contribution in [3.8, 4) is 0 Å². The van der Waals surface area contributed by atoms with E-state index in [9.17, 15) is 19.2 Å². The van der Waals surface area contributed by atoms with Crippen LogP contribution >= 0.6 is 0 Å². The van der Waals surface area contributed by atoms with Gasteiger partial charge in [0, 0.05) is 30.2 Å². The summed E-state index contributed by atoms with van der Waals surface area (Å²) < 4.78 is 0. The lowest BCUT2D eigenvalue weighted by molar-refractivity contribution is -0.136. The fourth-order valence-electron chi connectivity index (χ4n) is 4.97. The van der Waals surface area contributed by atoms with Gasteiger partial charge in [-0.3, -0.25) is 29.4 Å². The standard InChI is InChI=1S/C20H22N4O4/c25-17-6-5-16(18(26)23-17)24-19(27)14-4-3-12(9-15(14)20(24)28)22-13-7-10-1-2-11(8-13)21-10/h3-4,9-11,13,16,21-22H,1-2,5-8H2,(H,23,25,26). The molecule has 0 spiro atoms. The highest BCUT2D eigenvalue weighted by atomic mass is 16.2. The van der Waals surface area contributed by atoms with Gasteiger partial charge in [0.2, 0.25) is 11.8 Å². The van der Waals surface area contributed by atoms with E-state index in [1.807, 2.05) is 6.07 Å². The fourth-order valence-corrected chi connectivity index (χ4v) is 4.97. The highest BCUT2D eigenvalue weighted by Crippen LogP contribution is 2.32. The number of imide groups is 2. The van der Waals surface area contributed by atoms with Crippen molar-refractivity contribution in [1.29, 1.82) is 0 Å². The monoisotopic (exact) mass is 382 g/mol. The number of fused-ring (bicyclic) bond motifs is 3. The number of carbonyl (C=O) groups is 4. The number of piperidine rings is 2. The van der Waals surface area contributed by atoms with E-state index in [0.29, 0.717) is 29.3 Å². The normalized spacial score (nSPS) is 31.8. The van der Waals surface area contributed by atoms with Gasteiger partial charge < -0.3 is 10.6 Å². The third-order valence-electron chi connectivity index (χ3n) is 6.28. The van der Waals surface area contributed by atoms with Gasteiger partial charge in [0.25, 0.3) is 11.8 Å². The molecule has 0 aliphatic carbocycles. The van der Waals surface area contributed by atoms with Gasteiger partial charge >= 0.3 is 0 Å². The van der Waals surface area contributed by atoms with Crippen molar-refractivity contribution in [3.63, 3.8) is 0 Å². The molecule has 3 fully saturated rings. The van der Waals surface area contributed by atoms with E-state index in [-0.39, 0.29) is 18.7 Å². The molecule has 4 heterocycles. The maximum absolute atomic E-state index is 12.9. The minimum Gasteiger partial charge on any atom is -0.382 e. The summed E-state index contributed by atoms with van der Waals surface area (Å²) >= 11 is 0. The van der Waals surface area contributed by atoms with Crippen LogP contribution in [0, 0.1) is 0 Å². The number of carbonyl (C=O) groups excluding carboxylic acids is 4. The minimum absolute atomic E-state index is 0.120. The van der Waals surface area contributed by atoms with E-state index in [2.05, 4.69) is 16.0 Å². The van der Waals surface area contributed by atoms with Crippen LogP contribution in [0.15, 0.2) is 18.2 Å². The summed E-state index contributed by atoms with van der Waals surface area (Å²) in [5.74, 6) is -1.90. The number of benzene rings is 1. The summed E-state index contributed by atoms with van der Waals surface area (Å²) in [6.45, 7) is 0. The summed E-state index contributed by atoms with van der Waals surface area (Å²) in [5, 5.41) is 9.32. The lowest BCUT2D eigenvalue weighted by Gasteiger charge is -2.30.